The van der Waals surface area contributed by atoms with Crippen molar-refractivity contribution in [3.05, 3.63) is 29.8 Å². The van der Waals surface area contributed by atoms with Crippen LogP contribution in [-0.4, -0.2) is 23.0 Å². The molecular weight excluding hydrogens is 265 g/mol. The van der Waals surface area contributed by atoms with Crippen molar-refractivity contribution in [2.75, 3.05) is 11.5 Å². The van der Waals surface area contributed by atoms with Crippen LogP contribution in [0.25, 0.3) is 0 Å². The summed E-state index contributed by atoms with van der Waals surface area (Å²) < 4.78 is 40.4. The highest BCUT2D eigenvalue weighted by Crippen LogP contribution is 2.31. The van der Waals surface area contributed by atoms with E-state index in [2.05, 4.69) is 4.74 Å². The molecule has 0 amide bonds. The minimum Gasteiger partial charge on any atom is -0.405 e. The maximum atomic E-state index is 12.2. The van der Waals surface area contributed by atoms with E-state index in [1.165, 1.54) is 18.2 Å². The molecule has 2 nitrogen and oxygen atoms in total. The summed E-state index contributed by atoms with van der Waals surface area (Å²) in [6.07, 6.45) is -5.28. The normalized spacial score (nSPS) is 13.4. The Kier molecular flexibility index (Phi) is 5.81. The molecule has 1 aromatic carbocycles. The van der Waals surface area contributed by atoms with Crippen molar-refractivity contribution in [2.24, 2.45) is 0 Å². The first kappa shape index (κ1) is 15.2. The SMILES string of the molecule is CCSCCC(O)c1ccccc1OC(F)(F)F. The molecule has 1 aromatic rings. The molecule has 0 aromatic heterocycles. The Bertz CT molecular complexity index is 369. The summed E-state index contributed by atoms with van der Waals surface area (Å²) >= 11 is 1.63. The molecule has 1 unspecified atom stereocenters. The number of rotatable bonds is 6. The van der Waals surface area contributed by atoms with E-state index in [4.69, 9.17) is 0 Å². The van der Waals surface area contributed by atoms with Crippen LogP contribution in [0.3, 0.4) is 0 Å². The number of thioether (sulfide) groups is 1. The molecular formula is C12H15F3O2S. The van der Waals surface area contributed by atoms with E-state index in [-0.39, 0.29) is 11.3 Å². The summed E-state index contributed by atoms with van der Waals surface area (Å²) in [4.78, 5) is 0. The van der Waals surface area contributed by atoms with Crippen LogP contribution >= 0.6 is 11.8 Å². The largest absolute Gasteiger partial charge is 0.573 e. The minimum atomic E-state index is -4.74. The monoisotopic (exact) mass is 280 g/mol. The van der Waals surface area contributed by atoms with Gasteiger partial charge in [0.15, 0.2) is 0 Å². The highest BCUT2D eigenvalue weighted by atomic mass is 32.2. The first-order valence-electron chi connectivity index (χ1n) is 5.54. The maximum Gasteiger partial charge on any atom is 0.573 e. The Labute approximate surface area is 108 Å². The number of para-hydroxylation sites is 1. The first-order chi connectivity index (χ1) is 8.44. The Hall–Kier alpha value is -0.880. The first-order valence-corrected chi connectivity index (χ1v) is 6.70. The van der Waals surface area contributed by atoms with Crippen molar-refractivity contribution in [1.82, 2.24) is 0 Å². The predicted octanol–water partition coefficient (Wildman–Crippen LogP) is 3.76. The van der Waals surface area contributed by atoms with Crippen molar-refractivity contribution < 1.29 is 23.0 Å². The number of ether oxygens (including phenoxy) is 1. The number of halogens is 3. The van der Waals surface area contributed by atoms with Gasteiger partial charge >= 0.3 is 6.36 Å². The molecule has 0 aliphatic heterocycles. The molecule has 1 atom stereocenters. The van der Waals surface area contributed by atoms with Crippen LogP contribution in [0.4, 0.5) is 13.2 Å². The van der Waals surface area contributed by atoms with Gasteiger partial charge in [-0.05, 0) is 24.0 Å². The average Bonchev–Trinajstić information content (AvgIpc) is 2.27. The summed E-state index contributed by atoms with van der Waals surface area (Å²) in [5.41, 5.74) is 0.173. The Morgan fingerprint density at radius 3 is 2.61 bits per heavy atom. The Morgan fingerprint density at radius 2 is 2.00 bits per heavy atom. The minimum absolute atomic E-state index is 0.173. The van der Waals surface area contributed by atoms with E-state index in [1.807, 2.05) is 6.92 Å². The maximum absolute atomic E-state index is 12.2. The van der Waals surface area contributed by atoms with Gasteiger partial charge in [0.2, 0.25) is 0 Å². The number of hydrogen-bond donors (Lipinski definition) is 1. The van der Waals surface area contributed by atoms with E-state index in [0.29, 0.717) is 12.2 Å². The molecule has 0 heterocycles. The third-order valence-electron chi connectivity index (χ3n) is 2.24. The summed E-state index contributed by atoms with van der Waals surface area (Å²) in [6, 6.07) is 5.67. The molecule has 0 saturated carbocycles. The molecule has 0 aliphatic carbocycles. The second-order valence-electron chi connectivity index (χ2n) is 3.59. The predicted molar refractivity (Wildman–Crippen MR) is 65.7 cm³/mol. The fraction of sp³-hybridized carbons (Fsp3) is 0.500. The third kappa shape index (κ3) is 5.18. The van der Waals surface area contributed by atoms with Crippen molar-refractivity contribution in [3.63, 3.8) is 0 Å². The van der Waals surface area contributed by atoms with Crippen LogP contribution in [0.5, 0.6) is 5.75 Å². The number of alkyl halides is 3. The van der Waals surface area contributed by atoms with E-state index >= 15 is 0 Å². The van der Waals surface area contributed by atoms with E-state index in [9.17, 15) is 18.3 Å². The zero-order valence-electron chi connectivity index (χ0n) is 9.91. The lowest BCUT2D eigenvalue weighted by molar-refractivity contribution is -0.275. The topological polar surface area (TPSA) is 29.5 Å². The highest BCUT2D eigenvalue weighted by Gasteiger charge is 2.32. The lowest BCUT2D eigenvalue weighted by atomic mass is 10.1. The molecule has 18 heavy (non-hydrogen) atoms. The van der Waals surface area contributed by atoms with Crippen LogP contribution in [0, 0.1) is 0 Å². The van der Waals surface area contributed by atoms with Gasteiger partial charge in [0.25, 0.3) is 0 Å². The molecule has 0 aliphatic rings. The number of benzene rings is 1. The van der Waals surface area contributed by atoms with Crippen molar-refractivity contribution in [3.8, 4) is 5.75 Å². The summed E-state index contributed by atoms with van der Waals surface area (Å²) in [7, 11) is 0. The van der Waals surface area contributed by atoms with Gasteiger partial charge in [0.1, 0.15) is 5.75 Å². The smallest absolute Gasteiger partial charge is 0.405 e. The summed E-state index contributed by atoms with van der Waals surface area (Å²) in [5, 5.41) is 9.86. The quantitative estimate of drug-likeness (QED) is 0.804. The van der Waals surface area contributed by atoms with Crippen LogP contribution in [0.1, 0.15) is 25.0 Å². The third-order valence-corrected chi connectivity index (χ3v) is 3.18. The lowest BCUT2D eigenvalue weighted by Gasteiger charge is -2.16. The van der Waals surface area contributed by atoms with Crippen LogP contribution in [0.2, 0.25) is 0 Å². The summed E-state index contributed by atoms with van der Waals surface area (Å²) in [6.45, 7) is 1.98. The Morgan fingerprint density at radius 1 is 1.33 bits per heavy atom. The van der Waals surface area contributed by atoms with Gasteiger partial charge in [0.05, 0.1) is 6.10 Å². The van der Waals surface area contributed by atoms with Crippen LogP contribution < -0.4 is 4.74 Å². The van der Waals surface area contributed by atoms with Gasteiger partial charge in [-0.1, -0.05) is 25.1 Å². The second-order valence-corrected chi connectivity index (χ2v) is 4.98. The molecule has 0 radical (unpaired) electrons. The van der Waals surface area contributed by atoms with Crippen LogP contribution in [0.15, 0.2) is 24.3 Å². The van der Waals surface area contributed by atoms with Gasteiger partial charge in [-0.25, -0.2) is 0 Å². The molecule has 0 fully saturated rings. The standard InChI is InChI=1S/C12H15F3O2S/c1-2-18-8-7-10(16)9-5-3-4-6-11(9)17-12(13,14)15/h3-6,10,16H,2,7-8H2,1H3. The Balaban J connectivity index is 2.74. The molecule has 0 spiro atoms. The van der Waals surface area contributed by atoms with Crippen LogP contribution in [-0.2, 0) is 0 Å². The molecule has 1 N–H and O–H groups in total. The highest BCUT2D eigenvalue weighted by molar-refractivity contribution is 7.99. The zero-order chi connectivity index (χ0) is 13.6. The van der Waals surface area contributed by atoms with Gasteiger partial charge in [0, 0.05) is 5.56 Å². The average molecular weight is 280 g/mol. The van der Waals surface area contributed by atoms with E-state index < -0.39 is 12.5 Å². The number of hydrogen-bond acceptors (Lipinski definition) is 3. The second kappa shape index (κ2) is 6.89. The van der Waals surface area contributed by atoms with E-state index in [0.717, 1.165) is 5.75 Å². The molecule has 102 valence electrons. The van der Waals surface area contributed by atoms with Crippen molar-refractivity contribution >= 4 is 11.8 Å². The van der Waals surface area contributed by atoms with Crippen molar-refractivity contribution in [1.29, 1.82) is 0 Å². The van der Waals surface area contributed by atoms with Crippen molar-refractivity contribution in [2.45, 2.75) is 25.8 Å². The number of aliphatic hydroxyl groups is 1. The van der Waals surface area contributed by atoms with Gasteiger partial charge in [-0.2, -0.15) is 11.8 Å². The molecule has 0 bridgehead atoms. The van der Waals surface area contributed by atoms with E-state index in [1.54, 1.807) is 17.8 Å². The molecule has 1 rings (SSSR count). The fourth-order valence-electron chi connectivity index (χ4n) is 1.47. The molecule has 6 heteroatoms. The molecule has 0 saturated heterocycles. The number of aliphatic hydroxyl groups excluding tert-OH is 1. The summed E-state index contributed by atoms with van der Waals surface area (Å²) in [5.74, 6) is 1.27. The lowest BCUT2D eigenvalue weighted by Crippen LogP contribution is -2.18. The van der Waals surface area contributed by atoms with Gasteiger partial charge < -0.3 is 9.84 Å². The van der Waals surface area contributed by atoms with Gasteiger partial charge in [-0.3, -0.25) is 0 Å². The fourth-order valence-corrected chi connectivity index (χ4v) is 2.15. The zero-order valence-corrected chi connectivity index (χ0v) is 10.7. The van der Waals surface area contributed by atoms with Gasteiger partial charge in [-0.15, -0.1) is 13.2 Å².